The number of nitrogens with one attached hydrogen (secondary N) is 1. The van der Waals surface area contributed by atoms with E-state index in [1.807, 2.05) is 0 Å². The predicted molar refractivity (Wildman–Crippen MR) is 49.5 cm³/mol. The number of nitrogens with zero attached hydrogens (tertiary/aromatic N) is 1. The number of alkyl halides is 3. The molecule has 0 amide bonds. The van der Waals surface area contributed by atoms with E-state index in [0.717, 1.165) is 18.2 Å². The highest BCUT2D eigenvalue weighted by Crippen LogP contribution is 2.25. The Bertz CT molecular complexity index is 540. The third kappa shape index (κ3) is 3.39. The Kier molecular flexibility index (Phi) is 3.38. The second-order valence-corrected chi connectivity index (χ2v) is 4.48. The minimum absolute atomic E-state index is 0.375. The maximum atomic E-state index is 11.9. The van der Waals surface area contributed by atoms with Crippen LogP contribution < -0.4 is 4.72 Å². The average molecular weight is 270 g/mol. The molecule has 0 bridgehead atoms. The highest BCUT2D eigenvalue weighted by molar-refractivity contribution is 7.89. The maximum Gasteiger partial charge on any atom is 0.470 e. The van der Waals surface area contributed by atoms with Gasteiger partial charge in [0, 0.05) is 6.07 Å². The minimum atomic E-state index is -5.19. The Morgan fingerprint density at radius 1 is 1.24 bits per heavy atom. The molecule has 1 N–H and O–H groups in total. The normalized spacial score (nSPS) is 12.4. The first-order chi connectivity index (χ1) is 7.63. The monoisotopic (exact) mass is 270 g/mol. The first-order valence-corrected chi connectivity index (χ1v) is 5.46. The van der Waals surface area contributed by atoms with Gasteiger partial charge < -0.3 is 0 Å². The smallest absolute Gasteiger partial charge is 0.258 e. The number of para-hydroxylation sites is 1. The van der Waals surface area contributed by atoms with Crippen LogP contribution >= 0.6 is 0 Å². The fraction of sp³-hybridized carbons (Fsp3) is 0.143. The van der Waals surface area contributed by atoms with Crippen molar-refractivity contribution in [1.82, 2.24) is 4.72 Å². The zero-order chi connectivity index (χ0) is 13.3. The van der Waals surface area contributed by atoms with Gasteiger partial charge in [-0.3, -0.25) is 10.1 Å². The number of rotatable bonds is 3. The van der Waals surface area contributed by atoms with Crippen molar-refractivity contribution >= 4 is 15.7 Å². The van der Waals surface area contributed by atoms with E-state index in [0.29, 0.717) is 10.8 Å². The van der Waals surface area contributed by atoms with Crippen molar-refractivity contribution in [3.63, 3.8) is 0 Å². The Morgan fingerprint density at radius 2 is 1.76 bits per heavy atom. The minimum Gasteiger partial charge on any atom is -0.258 e. The molecule has 1 aromatic carbocycles. The van der Waals surface area contributed by atoms with Crippen LogP contribution in [-0.2, 0) is 10.0 Å². The number of halogens is 3. The quantitative estimate of drug-likeness (QED) is 0.510. The van der Waals surface area contributed by atoms with E-state index in [1.54, 1.807) is 0 Å². The highest BCUT2D eigenvalue weighted by Gasteiger charge is 2.37. The van der Waals surface area contributed by atoms with Crippen LogP contribution in [0.15, 0.2) is 29.2 Å². The number of hydrogen-bond acceptors (Lipinski definition) is 4. The van der Waals surface area contributed by atoms with E-state index >= 15 is 0 Å². The first-order valence-electron chi connectivity index (χ1n) is 3.97. The molecule has 0 aliphatic heterocycles. The number of nitro benzene ring substituents is 1. The lowest BCUT2D eigenvalue weighted by Crippen LogP contribution is -2.37. The van der Waals surface area contributed by atoms with Crippen molar-refractivity contribution < 1.29 is 26.5 Å². The van der Waals surface area contributed by atoms with Crippen LogP contribution in [0.1, 0.15) is 0 Å². The van der Waals surface area contributed by atoms with Gasteiger partial charge in [-0.05, 0) is 6.07 Å². The molecule has 10 heteroatoms. The van der Waals surface area contributed by atoms with Gasteiger partial charge in [0.2, 0.25) is 0 Å². The fourth-order valence-corrected chi connectivity index (χ4v) is 2.13. The van der Waals surface area contributed by atoms with Gasteiger partial charge in [-0.2, -0.15) is 13.2 Å². The molecule has 17 heavy (non-hydrogen) atoms. The summed E-state index contributed by atoms with van der Waals surface area (Å²) in [4.78, 5) is 8.35. The Labute approximate surface area is 93.3 Å². The summed E-state index contributed by atoms with van der Waals surface area (Å²) in [6.45, 7) is 0. The van der Waals surface area contributed by atoms with E-state index in [1.165, 1.54) is 0 Å². The summed E-state index contributed by atoms with van der Waals surface area (Å²) in [6, 6.07) is 3.74. The van der Waals surface area contributed by atoms with Crippen LogP contribution in [-0.4, -0.2) is 19.6 Å². The van der Waals surface area contributed by atoms with Crippen molar-refractivity contribution in [2.24, 2.45) is 0 Å². The van der Waals surface area contributed by atoms with Gasteiger partial charge in [-0.1, -0.05) is 12.1 Å². The predicted octanol–water partition coefficient (Wildman–Crippen LogP) is 1.39. The van der Waals surface area contributed by atoms with Crippen LogP contribution in [0.3, 0.4) is 0 Å². The molecule has 0 saturated carbocycles. The SMILES string of the molecule is O=[N+]([O-])c1ccccc1S(=O)(=O)NC(F)(F)F. The summed E-state index contributed by atoms with van der Waals surface area (Å²) in [5, 5.41) is 10.5. The van der Waals surface area contributed by atoms with E-state index in [4.69, 9.17) is 0 Å². The van der Waals surface area contributed by atoms with Crippen molar-refractivity contribution in [3.8, 4) is 0 Å². The number of sulfonamides is 1. The topological polar surface area (TPSA) is 89.3 Å². The van der Waals surface area contributed by atoms with Crippen molar-refractivity contribution in [2.45, 2.75) is 11.2 Å². The molecule has 0 unspecified atom stereocenters. The van der Waals surface area contributed by atoms with Gasteiger partial charge in [-0.15, -0.1) is 4.72 Å². The van der Waals surface area contributed by atoms with Crippen molar-refractivity contribution in [1.29, 1.82) is 0 Å². The van der Waals surface area contributed by atoms with Gasteiger partial charge in [-0.25, -0.2) is 8.42 Å². The van der Waals surface area contributed by atoms with Gasteiger partial charge in [0.1, 0.15) is 0 Å². The van der Waals surface area contributed by atoms with Crippen molar-refractivity contribution in [3.05, 3.63) is 34.4 Å². The molecule has 0 aromatic heterocycles. The molecular formula is C7H5F3N2O4S. The molecule has 0 radical (unpaired) electrons. The molecule has 0 saturated heterocycles. The molecule has 1 rings (SSSR count). The largest absolute Gasteiger partial charge is 0.470 e. The molecule has 94 valence electrons. The Hall–Kier alpha value is -1.68. The van der Waals surface area contributed by atoms with Crippen LogP contribution in [0.2, 0.25) is 0 Å². The van der Waals surface area contributed by atoms with Crippen LogP contribution in [0.25, 0.3) is 0 Å². The third-order valence-corrected chi connectivity index (χ3v) is 3.03. The van der Waals surface area contributed by atoms with Gasteiger partial charge in [0.25, 0.3) is 15.7 Å². The van der Waals surface area contributed by atoms with Gasteiger partial charge in [0.05, 0.1) is 4.92 Å². The second kappa shape index (κ2) is 4.30. The summed E-state index contributed by atoms with van der Waals surface area (Å²) < 4.78 is 58.6. The Morgan fingerprint density at radius 3 is 2.24 bits per heavy atom. The second-order valence-electron chi connectivity index (χ2n) is 2.83. The maximum absolute atomic E-state index is 11.9. The number of hydrogen-bond donors (Lipinski definition) is 1. The molecule has 0 aliphatic carbocycles. The van der Waals surface area contributed by atoms with E-state index in [-0.39, 0.29) is 0 Å². The average Bonchev–Trinajstić information content (AvgIpc) is 2.14. The molecule has 0 fully saturated rings. The third-order valence-electron chi connectivity index (χ3n) is 1.60. The molecule has 0 heterocycles. The zero-order valence-electron chi connectivity index (χ0n) is 7.93. The number of benzene rings is 1. The number of nitro groups is 1. The van der Waals surface area contributed by atoms with Gasteiger partial charge >= 0.3 is 6.30 Å². The lowest BCUT2D eigenvalue weighted by atomic mass is 10.3. The molecule has 6 nitrogen and oxygen atoms in total. The van der Waals surface area contributed by atoms with Crippen LogP contribution in [0.4, 0.5) is 18.9 Å². The first kappa shape index (κ1) is 13.4. The molecule has 0 atom stereocenters. The lowest BCUT2D eigenvalue weighted by Gasteiger charge is -2.09. The molecular weight excluding hydrogens is 265 g/mol. The van der Waals surface area contributed by atoms with E-state index < -0.39 is 31.8 Å². The molecule has 1 aromatic rings. The lowest BCUT2D eigenvalue weighted by molar-refractivity contribution is -0.387. The summed E-state index contributed by atoms with van der Waals surface area (Å²) in [6.07, 6.45) is -5.19. The molecule has 0 spiro atoms. The summed E-state index contributed by atoms with van der Waals surface area (Å²) >= 11 is 0. The van der Waals surface area contributed by atoms with Crippen molar-refractivity contribution in [2.75, 3.05) is 0 Å². The molecule has 0 aliphatic rings. The summed E-state index contributed by atoms with van der Waals surface area (Å²) in [5.41, 5.74) is -0.927. The highest BCUT2D eigenvalue weighted by atomic mass is 32.2. The summed E-state index contributed by atoms with van der Waals surface area (Å²) in [5.74, 6) is 0. The van der Waals surface area contributed by atoms with E-state index in [2.05, 4.69) is 0 Å². The standard InChI is InChI=1S/C7H5F3N2O4S/c8-7(9,10)11-17(15,16)6-4-2-1-3-5(6)12(13)14/h1-4,11H. The summed E-state index contributed by atoms with van der Waals surface area (Å²) in [7, 11) is -5.01. The van der Waals surface area contributed by atoms with E-state index in [9.17, 15) is 31.7 Å². The Balaban J connectivity index is 3.30. The van der Waals surface area contributed by atoms with Gasteiger partial charge in [0.15, 0.2) is 4.90 Å². The van der Waals surface area contributed by atoms with Crippen LogP contribution in [0, 0.1) is 10.1 Å². The zero-order valence-corrected chi connectivity index (χ0v) is 8.75. The van der Waals surface area contributed by atoms with Crippen LogP contribution in [0.5, 0.6) is 0 Å². The fourth-order valence-electron chi connectivity index (χ4n) is 1.04.